The number of carbonyl (C=O) groups excluding carboxylic acids is 3. The van der Waals surface area contributed by atoms with Gasteiger partial charge in [-0.05, 0) is 57.1 Å². The molecule has 0 radical (unpaired) electrons. The van der Waals surface area contributed by atoms with E-state index in [1.807, 2.05) is 16.7 Å². The molecule has 32 heavy (non-hydrogen) atoms. The van der Waals surface area contributed by atoms with E-state index in [4.69, 9.17) is 4.74 Å². The Bertz CT molecular complexity index is 1000. The number of piperidine rings is 2. The molecule has 1 unspecified atom stereocenters. The van der Waals surface area contributed by atoms with E-state index < -0.39 is 6.04 Å². The summed E-state index contributed by atoms with van der Waals surface area (Å²) in [6, 6.07) is 5.68. The first-order chi connectivity index (χ1) is 15.6. The van der Waals surface area contributed by atoms with Crippen molar-refractivity contribution in [2.24, 2.45) is 5.92 Å². The lowest BCUT2D eigenvalue weighted by atomic mass is 9.88. The summed E-state index contributed by atoms with van der Waals surface area (Å²) in [5, 5.41) is 2.44. The van der Waals surface area contributed by atoms with Crippen LogP contribution in [-0.2, 0) is 19.1 Å². The maximum atomic E-state index is 12.3. The lowest BCUT2D eigenvalue weighted by molar-refractivity contribution is -0.135. The van der Waals surface area contributed by atoms with Crippen molar-refractivity contribution >= 4 is 34.8 Å². The zero-order valence-corrected chi connectivity index (χ0v) is 18.2. The summed E-state index contributed by atoms with van der Waals surface area (Å²) in [5.74, 6) is -0.249. The second-order valence-corrected chi connectivity index (χ2v) is 9.26. The fourth-order valence-corrected chi connectivity index (χ4v) is 5.36. The molecule has 2 aliphatic heterocycles. The maximum Gasteiger partial charge on any atom is 0.249 e. The van der Waals surface area contributed by atoms with E-state index in [0.717, 1.165) is 74.6 Å². The lowest BCUT2D eigenvalue weighted by Crippen LogP contribution is -2.41. The highest BCUT2D eigenvalue weighted by molar-refractivity contribution is 6.00. The van der Waals surface area contributed by atoms with E-state index in [9.17, 15) is 14.4 Å². The van der Waals surface area contributed by atoms with Crippen LogP contribution in [0.2, 0.25) is 0 Å². The molecule has 1 saturated carbocycles. The average Bonchev–Trinajstić information content (AvgIpc) is 3.24. The average molecular weight is 439 g/mol. The van der Waals surface area contributed by atoms with Crippen molar-refractivity contribution in [1.29, 1.82) is 0 Å². The molecule has 1 aromatic carbocycles. The number of aldehydes is 1. The molecule has 1 atom stereocenters. The highest BCUT2D eigenvalue weighted by Gasteiger charge is 2.30. The fraction of sp³-hybridized carbons (Fsp3) is 0.583. The number of nitrogens with zero attached hydrogens (tertiary/aromatic N) is 3. The number of nitrogens with one attached hydrogen (secondary N) is 1. The van der Waals surface area contributed by atoms with Gasteiger partial charge < -0.3 is 19.0 Å². The number of ether oxygens (including phenoxy) is 1. The molecule has 8 heteroatoms. The van der Waals surface area contributed by atoms with E-state index in [2.05, 4.69) is 21.3 Å². The zero-order valence-electron chi connectivity index (χ0n) is 18.2. The molecule has 1 aliphatic carbocycles. The first kappa shape index (κ1) is 21.1. The topological polar surface area (TPSA) is 93.5 Å². The predicted octanol–water partition coefficient (Wildman–Crippen LogP) is 2.76. The fourth-order valence-electron chi connectivity index (χ4n) is 5.36. The Labute approximate surface area is 187 Å². The maximum absolute atomic E-state index is 12.3. The summed E-state index contributed by atoms with van der Waals surface area (Å²) in [4.78, 5) is 41.8. The molecule has 1 aromatic heterocycles. The van der Waals surface area contributed by atoms with Crippen molar-refractivity contribution < 1.29 is 19.1 Å². The molecule has 0 bridgehead atoms. The van der Waals surface area contributed by atoms with Crippen molar-refractivity contribution in [3.8, 4) is 0 Å². The number of carbonyl (C=O) groups is 3. The highest BCUT2D eigenvalue weighted by Crippen LogP contribution is 2.33. The summed E-state index contributed by atoms with van der Waals surface area (Å²) in [6.45, 7) is 1.80. The third-order valence-corrected chi connectivity index (χ3v) is 7.21. The van der Waals surface area contributed by atoms with Gasteiger partial charge in [-0.1, -0.05) is 6.07 Å². The van der Waals surface area contributed by atoms with Gasteiger partial charge in [0, 0.05) is 25.4 Å². The van der Waals surface area contributed by atoms with Crippen LogP contribution in [0, 0.1) is 5.92 Å². The predicted molar refractivity (Wildman–Crippen MR) is 119 cm³/mol. The second kappa shape index (κ2) is 9.02. The molecule has 5 rings (SSSR count). The minimum absolute atomic E-state index is 0.210. The molecule has 3 aliphatic rings. The van der Waals surface area contributed by atoms with Gasteiger partial charge in [0.25, 0.3) is 0 Å². The molecule has 8 nitrogen and oxygen atoms in total. The van der Waals surface area contributed by atoms with Crippen molar-refractivity contribution in [3.05, 3.63) is 24.5 Å². The van der Waals surface area contributed by atoms with Crippen molar-refractivity contribution in [2.45, 2.75) is 69.6 Å². The van der Waals surface area contributed by atoms with Gasteiger partial charge in [0.05, 0.1) is 29.7 Å². The number of imide groups is 1. The first-order valence-electron chi connectivity index (χ1n) is 11.8. The summed E-state index contributed by atoms with van der Waals surface area (Å²) in [6.07, 6.45) is 10.0. The number of hydrogen-bond acceptors (Lipinski definition) is 6. The molecule has 2 amide bonds. The Kier molecular flexibility index (Phi) is 5.95. The van der Waals surface area contributed by atoms with Crippen LogP contribution in [-0.4, -0.2) is 52.9 Å². The Morgan fingerprint density at radius 3 is 2.47 bits per heavy atom. The molecule has 3 heterocycles. The van der Waals surface area contributed by atoms with Crippen LogP contribution in [0.15, 0.2) is 24.5 Å². The third kappa shape index (κ3) is 4.16. The monoisotopic (exact) mass is 438 g/mol. The molecule has 2 saturated heterocycles. The van der Waals surface area contributed by atoms with E-state index in [1.54, 1.807) is 6.33 Å². The first-order valence-corrected chi connectivity index (χ1v) is 11.8. The van der Waals surface area contributed by atoms with Crippen LogP contribution < -0.4 is 10.2 Å². The van der Waals surface area contributed by atoms with Crippen molar-refractivity contribution in [1.82, 2.24) is 14.9 Å². The quantitative estimate of drug-likeness (QED) is 0.570. The number of benzene rings is 1. The summed E-state index contributed by atoms with van der Waals surface area (Å²) in [7, 11) is 0. The van der Waals surface area contributed by atoms with Crippen LogP contribution in [0.4, 0.5) is 5.69 Å². The third-order valence-electron chi connectivity index (χ3n) is 7.21. The number of para-hydroxylation sites is 1. The highest BCUT2D eigenvalue weighted by atomic mass is 16.5. The van der Waals surface area contributed by atoms with Gasteiger partial charge in [-0.2, -0.15) is 0 Å². The number of fused-ring (bicyclic) bond motifs is 1. The molecular weight excluding hydrogens is 408 g/mol. The standard InChI is InChI=1S/C24H30N4O4/c29-14-16-4-6-17(7-5-16)32-18-10-12-27(13-11-18)19-2-1-3-20-23(19)25-15-28(20)21-8-9-22(30)26-24(21)31/h1-3,14-18,21H,4-13H2,(H,26,30,31). The van der Waals surface area contributed by atoms with E-state index in [0.29, 0.717) is 12.8 Å². The summed E-state index contributed by atoms with van der Waals surface area (Å²) in [5.41, 5.74) is 2.89. The number of rotatable bonds is 5. The Morgan fingerprint density at radius 1 is 1.00 bits per heavy atom. The minimum Gasteiger partial charge on any atom is -0.375 e. The Hall–Kier alpha value is -2.74. The van der Waals surface area contributed by atoms with E-state index >= 15 is 0 Å². The second-order valence-electron chi connectivity index (χ2n) is 9.26. The number of amides is 2. The Balaban J connectivity index is 1.24. The van der Waals surface area contributed by atoms with Crippen molar-refractivity contribution in [2.75, 3.05) is 18.0 Å². The molecule has 0 spiro atoms. The van der Waals surface area contributed by atoms with Gasteiger partial charge in [0.15, 0.2) is 0 Å². The molecule has 3 fully saturated rings. The number of imidazole rings is 1. The van der Waals surface area contributed by atoms with Crippen LogP contribution in [0.1, 0.15) is 57.4 Å². The molecule has 170 valence electrons. The smallest absolute Gasteiger partial charge is 0.249 e. The largest absolute Gasteiger partial charge is 0.375 e. The van der Waals surface area contributed by atoms with Crippen LogP contribution >= 0.6 is 0 Å². The van der Waals surface area contributed by atoms with E-state index in [1.165, 1.54) is 0 Å². The normalized spacial score (nSPS) is 27.5. The van der Waals surface area contributed by atoms with Crippen molar-refractivity contribution in [3.63, 3.8) is 0 Å². The molecular formula is C24H30N4O4. The summed E-state index contributed by atoms with van der Waals surface area (Å²) >= 11 is 0. The number of anilines is 1. The van der Waals surface area contributed by atoms with Crippen LogP contribution in [0.5, 0.6) is 0 Å². The van der Waals surface area contributed by atoms with Crippen LogP contribution in [0.3, 0.4) is 0 Å². The van der Waals surface area contributed by atoms with Gasteiger partial charge in [-0.25, -0.2) is 4.98 Å². The minimum atomic E-state index is -0.401. The van der Waals surface area contributed by atoms with E-state index in [-0.39, 0.29) is 29.9 Å². The van der Waals surface area contributed by atoms with Gasteiger partial charge in [-0.3, -0.25) is 14.9 Å². The molecule has 2 aromatic rings. The van der Waals surface area contributed by atoms with Gasteiger partial charge in [0.2, 0.25) is 11.8 Å². The lowest BCUT2D eigenvalue weighted by Gasteiger charge is -2.36. The van der Waals surface area contributed by atoms with Gasteiger partial charge >= 0.3 is 0 Å². The zero-order chi connectivity index (χ0) is 22.1. The number of aromatic nitrogens is 2. The number of hydrogen-bond donors (Lipinski definition) is 1. The van der Waals surface area contributed by atoms with Gasteiger partial charge in [-0.15, -0.1) is 0 Å². The molecule has 1 N–H and O–H groups in total. The SMILES string of the molecule is O=CC1CCC(OC2CCN(c3cccc4c3ncn4C3CCC(=O)NC3=O)CC2)CC1. The Morgan fingerprint density at radius 2 is 1.75 bits per heavy atom. The van der Waals surface area contributed by atoms with Gasteiger partial charge in [0.1, 0.15) is 17.8 Å². The van der Waals surface area contributed by atoms with Crippen LogP contribution in [0.25, 0.3) is 11.0 Å². The summed E-state index contributed by atoms with van der Waals surface area (Å²) < 4.78 is 8.26.